The van der Waals surface area contributed by atoms with Gasteiger partial charge in [-0.05, 0) is 25.6 Å². The van der Waals surface area contributed by atoms with E-state index in [1.54, 1.807) is 12.4 Å². The molecule has 0 spiro atoms. The van der Waals surface area contributed by atoms with Gasteiger partial charge in [-0.1, -0.05) is 15.8 Å². The van der Waals surface area contributed by atoms with E-state index in [-0.39, 0.29) is 0 Å². The normalized spacial score (nSPS) is 10.5. The lowest BCUT2D eigenvalue weighted by Gasteiger charge is -2.20. The second kappa shape index (κ2) is 5.95. The second-order valence-electron chi connectivity index (χ2n) is 4.19. The Morgan fingerprint density at radius 2 is 2.32 bits per heavy atom. The highest BCUT2D eigenvalue weighted by Crippen LogP contribution is 2.19. The van der Waals surface area contributed by atoms with Crippen LogP contribution in [0.5, 0.6) is 0 Å². The molecule has 2 rings (SSSR count). The molecule has 0 amide bonds. The summed E-state index contributed by atoms with van der Waals surface area (Å²) < 4.78 is 1.83. The summed E-state index contributed by atoms with van der Waals surface area (Å²) in [4.78, 5) is 6.13. The van der Waals surface area contributed by atoms with Gasteiger partial charge in [-0.25, -0.2) is 4.68 Å². The van der Waals surface area contributed by atoms with Crippen molar-refractivity contribution in [1.29, 1.82) is 0 Å². The van der Waals surface area contributed by atoms with Crippen molar-refractivity contribution in [3.8, 4) is 5.69 Å². The molecule has 2 aromatic heterocycles. The van der Waals surface area contributed by atoms with Crippen LogP contribution < -0.4 is 10.2 Å². The smallest absolute Gasteiger partial charge is 0.105 e. The second-order valence-corrected chi connectivity index (χ2v) is 4.67. The summed E-state index contributed by atoms with van der Waals surface area (Å²) in [5.41, 5.74) is 3.86. The summed E-state index contributed by atoms with van der Waals surface area (Å²) in [5, 5.41) is 7.74. The molecule has 19 heavy (non-hydrogen) atoms. The highest BCUT2D eigenvalue weighted by Gasteiger charge is 2.12. The van der Waals surface area contributed by atoms with Gasteiger partial charge in [-0.15, -0.1) is 0 Å². The Balaban J connectivity index is 2.29. The highest BCUT2D eigenvalue weighted by molar-refractivity contribution is 7.21. The van der Waals surface area contributed by atoms with Gasteiger partial charge >= 0.3 is 0 Å². The molecular formula is C13H18N5P. The molecule has 2 aromatic rings. The highest BCUT2D eigenvalue weighted by atomic mass is 31.0. The van der Waals surface area contributed by atoms with E-state index in [2.05, 4.69) is 31.2 Å². The third-order valence-corrected chi connectivity index (χ3v) is 3.34. The zero-order valence-electron chi connectivity index (χ0n) is 11.4. The molecule has 0 saturated heterocycles. The van der Waals surface area contributed by atoms with E-state index >= 15 is 0 Å². The van der Waals surface area contributed by atoms with Crippen LogP contribution in [0.25, 0.3) is 5.69 Å². The third kappa shape index (κ3) is 3.00. The van der Waals surface area contributed by atoms with Crippen molar-refractivity contribution in [3.63, 3.8) is 0 Å². The van der Waals surface area contributed by atoms with E-state index in [9.17, 15) is 0 Å². The van der Waals surface area contributed by atoms with Gasteiger partial charge in [0.2, 0.25) is 0 Å². The summed E-state index contributed by atoms with van der Waals surface area (Å²) >= 11 is 0. The number of aromatic nitrogens is 3. The fraction of sp³-hybridized carbons (Fsp3) is 0.308. The third-order valence-electron chi connectivity index (χ3n) is 2.82. The van der Waals surface area contributed by atoms with Crippen LogP contribution in [0.1, 0.15) is 12.6 Å². The Hall–Kier alpha value is -1.71. The molecule has 0 aliphatic heterocycles. The summed E-state index contributed by atoms with van der Waals surface area (Å²) in [6, 6.07) is 3.88. The van der Waals surface area contributed by atoms with Gasteiger partial charge in [0.25, 0.3) is 0 Å². The first-order chi connectivity index (χ1) is 9.13. The van der Waals surface area contributed by atoms with Gasteiger partial charge in [0.1, 0.15) is 5.54 Å². The monoisotopic (exact) mass is 275 g/mol. The Kier molecular flexibility index (Phi) is 4.30. The van der Waals surface area contributed by atoms with Gasteiger partial charge < -0.3 is 4.90 Å². The zero-order chi connectivity index (χ0) is 13.8. The molecule has 0 bridgehead atoms. The molecule has 0 atom stereocenters. The molecule has 2 heterocycles. The Labute approximate surface area is 115 Å². The van der Waals surface area contributed by atoms with Crippen molar-refractivity contribution in [2.75, 3.05) is 18.5 Å². The molecule has 0 fully saturated rings. The van der Waals surface area contributed by atoms with Crippen LogP contribution in [0.15, 0.2) is 30.7 Å². The predicted octanol–water partition coefficient (Wildman–Crippen LogP) is 1.85. The van der Waals surface area contributed by atoms with Crippen LogP contribution in [0.2, 0.25) is 0 Å². The average Bonchev–Trinajstić information content (AvgIpc) is 2.81. The number of rotatable bonds is 5. The molecule has 1 N–H and O–H groups in total. The van der Waals surface area contributed by atoms with Crippen LogP contribution >= 0.6 is 8.86 Å². The summed E-state index contributed by atoms with van der Waals surface area (Å²) in [7, 11) is 5.56. The van der Waals surface area contributed by atoms with E-state index in [1.807, 2.05) is 41.9 Å². The lowest BCUT2D eigenvalue weighted by atomic mass is 10.4. The maximum atomic E-state index is 4.52. The maximum Gasteiger partial charge on any atom is 0.105 e. The number of pyridine rings is 1. The number of anilines is 1. The largest absolute Gasteiger partial charge is 0.329 e. The van der Waals surface area contributed by atoms with E-state index in [4.69, 9.17) is 0 Å². The molecule has 5 nitrogen and oxygen atoms in total. The fourth-order valence-corrected chi connectivity index (χ4v) is 2.11. The van der Waals surface area contributed by atoms with Crippen LogP contribution in [0.3, 0.4) is 0 Å². The minimum absolute atomic E-state index is 0.860. The average molecular weight is 275 g/mol. The van der Waals surface area contributed by atoms with E-state index in [1.165, 1.54) is 0 Å². The maximum absolute atomic E-state index is 4.52. The zero-order valence-corrected chi connectivity index (χ0v) is 12.4. The summed E-state index contributed by atoms with van der Waals surface area (Å²) in [6.07, 6.45) is 5.53. The molecule has 100 valence electrons. The Bertz CT molecular complexity index is 564. The quantitative estimate of drug-likeness (QED) is 0.846. The van der Waals surface area contributed by atoms with Gasteiger partial charge in [0, 0.05) is 13.2 Å². The Morgan fingerprint density at radius 1 is 1.53 bits per heavy atom. The number of nitrogens with one attached hydrogen (secondary N) is 1. The van der Waals surface area contributed by atoms with Gasteiger partial charge in [0.15, 0.2) is 0 Å². The Morgan fingerprint density at radius 3 is 2.95 bits per heavy atom. The molecule has 0 aromatic carbocycles. The van der Waals surface area contributed by atoms with Crippen molar-refractivity contribution in [2.24, 2.45) is 0 Å². The van der Waals surface area contributed by atoms with Crippen molar-refractivity contribution in [3.05, 3.63) is 36.4 Å². The standard InChI is InChI=1S/C13H18N5P/c1-4-15-13(19)17(3)12-9-18(16-10(12)2)11-6-5-7-14-8-11/h5-9,15,19H,4H2,1-3H3. The van der Waals surface area contributed by atoms with Gasteiger partial charge in [-0.2, -0.15) is 5.10 Å². The molecule has 0 aliphatic carbocycles. The van der Waals surface area contributed by atoms with Crippen molar-refractivity contribution in [2.45, 2.75) is 13.8 Å². The number of hydrogen-bond acceptors (Lipinski definition) is 2. The van der Waals surface area contributed by atoms with Crippen LogP contribution in [0.4, 0.5) is 5.69 Å². The van der Waals surface area contributed by atoms with Gasteiger partial charge in [0.05, 0.1) is 29.5 Å². The van der Waals surface area contributed by atoms with Crippen LogP contribution in [0, 0.1) is 6.92 Å². The molecule has 0 unspecified atom stereocenters. The van der Waals surface area contributed by atoms with Crippen LogP contribution in [-0.4, -0.2) is 33.9 Å². The van der Waals surface area contributed by atoms with Crippen LogP contribution in [-0.2, 0) is 0 Å². The fourth-order valence-electron chi connectivity index (χ4n) is 1.81. The summed E-state index contributed by atoms with van der Waals surface area (Å²) in [5.74, 6) is 0. The molecule has 0 aliphatic rings. The van der Waals surface area contributed by atoms with E-state index < -0.39 is 0 Å². The first-order valence-electron chi connectivity index (χ1n) is 6.16. The van der Waals surface area contributed by atoms with Crippen molar-refractivity contribution < 1.29 is 0 Å². The lowest BCUT2D eigenvalue weighted by Crippen LogP contribution is -2.36. The molecule has 0 saturated carbocycles. The predicted molar refractivity (Wildman–Crippen MR) is 81.5 cm³/mol. The van der Waals surface area contributed by atoms with Crippen molar-refractivity contribution >= 4 is 20.1 Å². The number of nitrogens with zero attached hydrogens (tertiary/aromatic N) is 4. The van der Waals surface area contributed by atoms with E-state index in [0.717, 1.165) is 29.2 Å². The van der Waals surface area contributed by atoms with Crippen molar-refractivity contribution in [1.82, 2.24) is 20.1 Å². The number of hydrogen-bond donors (Lipinski definition) is 1. The SMILES string of the molecule is CCNC(=P)N(C)c1cn(-c2cccnc2)nc1C. The van der Waals surface area contributed by atoms with Gasteiger partial charge in [-0.3, -0.25) is 10.3 Å². The molecule has 6 heteroatoms. The summed E-state index contributed by atoms with van der Waals surface area (Å²) in [6.45, 7) is 4.91. The molecular weight excluding hydrogens is 257 g/mol. The first-order valence-corrected chi connectivity index (χ1v) is 6.66. The van der Waals surface area contributed by atoms with E-state index in [0.29, 0.717) is 0 Å². The topological polar surface area (TPSA) is 46.0 Å². The minimum atomic E-state index is 0.860. The molecule has 0 radical (unpaired) electrons. The number of aryl methyl sites for hydroxylation is 1. The minimum Gasteiger partial charge on any atom is -0.329 e. The lowest BCUT2D eigenvalue weighted by molar-refractivity contribution is 0.857. The first kappa shape index (κ1) is 13.7.